The van der Waals surface area contributed by atoms with E-state index in [2.05, 4.69) is 0 Å². The molecule has 2 unspecified atom stereocenters. The van der Waals surface area contributed by atoms with Gasteiger partial charge < -0.3 is 19.8 Å². The van der Waals surface area contributed by atoms with E-state index < -0.39 is 23.4 Å². The van der Waals surface area contributed by atoms with E-state index >= 15 is 0 Å². The number of carboxylic acid groups (broad SMARTS) is 1. The maximum Gasteiger partial charge on any atom is 0.307 e. The van der Waals surface area contributed by atoms with Gasteiger partial charge in [-0.1, -0.05) is 0 Å². The summed E-state index contributed by atoms with van der Waals surface area (Å²) in [6.45, 7) is 1.25. The molecule has 1 amide bonds. The first-order valence-electron chi connectivity index (χ1n) is 6.21. The molecule has 2 rings (SSSR count). The van der Waals surface area contributed by atoms with Crippen LogP contribution in [0.15, 0.2) is 0 Å². The molecule has 6 heteroatoms. The topological polar surface area (TPSA) is 87.1 Å². The smallest absolute Gasteiger partial charge is 0.307 e. The van der Waals surface area contributed by atoms with Crippen LogP contribution in [-0.2, 0) is 14.3 Å². The van der Waals surface area contributed by atoms with Gasteiger partial charge in [-0.25, -0.2) is 0 Å². The minimum absolute atomic E-state index is 0.178. The molecular weight excluding hydrogens is 238 g/mol. The summed E-state index contributed by atoms with van der Waals surface area (Å²) in [6.07, 6.45) is 1.44. The number of carbonyl (C=O) groups excluding carboxylic acids is 1. The first kappa shape index (κ1) is 13.3. The van der Waals surface area contributed by atoms with Gasteiger partial charge in [-0.3, -0.25) is 9.59 Å². The van der Waals surface area contributed by atoms with Gasteiger partial charge in [0.25, 0.3) is 0 Å². The lowest BCUT2D eigenvalue weighted by atomic mass is 9.94. The highest BCUT2D eigenvalue weighted by Gasteiger charge is 2.50. The van der Waals surface area contributed by atoms with Gasteiger partial charge in [0.15, 0.2) is 0 Å². The largest absolute Gasteiger partial charge is 0.481 e. The molecule has 1 saturated carbocycles. The van der Waals surface area contributed by atoms with Crippen molar-refractivity contribution in [1.82, 2.24) is 4.90 Å². The molecule has 6 nitrogen and oxygen atoms in total. The Morgan fingerprint density at radius 3 is 2.44 bits per heavy atom. The van der Waals surface area contributed by atoms with Crippen molar-refractivity contribution in [2.24, 2.45) is 11.8 Å². The van der Waals surface area contributed by atoms with Crippen LogP contribution in [0, 0.1) is 11.8 Å². The van der Waals surface area contributed by atoms with E-state index in [4.69, 9.17) is 9.84 Å². The zero-order valence-electron chi connectivity index (χ0n) is 10.5. The number of nitrogens with zero attached hydrogens (tertiary/aromatic N) is 1. The molecule has 1 heterocycles. The van der Waals surface area contributed by atoms with Gasteiger partial charge in [0.2, 0.25) is 5.91 Å². The number of ether oxygens (including phenoxy) is 1. The van der Waals surface area contributed by atoms with Gasteiger partial charge >= 0.3 is 5.97 Å². The summed E-state index contributed by atoms with van der Waals surface area (Å²) in [7, 11) is 1.62. The first-order chi connectivity index (χ1) is 8.43. The minimum atomic E-state index is -0.911. The third-order valence-electron chi connectivity index (χ3n) is 3.76. The normalized spacial score (nSPS) is 29.7. The zero-order valence-corrected chi connectivity index (χ0v) is 10.5. The summed E-state index contributed by atoms with van der Waals surface area (Å²) < 4.78 is 5.17. The fourth-order valence-corrected chi connectivity index (χ4v) is 2.45. The monoisotopic (exact) mass is 257 g/mol. The number of rotatable bonds is 4. The molecule has 0 radical (unpaired) electrons. The van der Waals surface area contributed by atoms with Crippen LogP contribution in [-0.4, -0.2) is 59.4 Å². The number of hydrogen-bond acceptors (Lipinski definition) is 4. The van der Waals surface area contributed by atoms with Crippen LogP contribution >= 0.6 is 0 Å². The van der Waals surface area contributed by atoms with Crippen LogP contribution in [0.3, 0.4) is 0 Å². The van der Waals surface area contributed by atoms with Crippen LogP contribution in [0.4, 0.5) is 0 Å². The highest BCUT2D eigenvalue weighted by molar-refractivity contribution is 5.89. The Labute approximate surface area is 106 Å². The Hall–Kier alpha value is -1.14. The molecule has 2 fully saturated rings. The molecule has 1 aliphatic heterocycles. The first-order valence-corrected chi connectivity index (χ1v) is 6.21. The molecule has 18 heavy (non-hydrogen) atoms. The van der Waals surface area contributed by atoms with E-state index in [1.54, 1.807) is 7.05 Å². The molecule has 2 aliphatic rings. The Bertz CT molecular complexity index is 350. The summed E-state index contributed by atoms with van der Waals surface area (Å²) in [6, 6.07) is 0. The molecule has 0 aromatic heterocycles. The van der Waals surface area contributed by atoms with Gasteiger partial charge in [0, 0.05) is 39.6 Å². The number of carboxylic acids is 1. The van der Waals surface area contributed by atoms with Gasteiger partial charge in [-0.2, -0.15) is 0 Å². The lowest BCUT2D eigenvalue weighted by Crippen LogP contribution is -2.47. The van der Waals surface area contributed by atoms with Crippen molar-refractivity contribution in [2.45, 2.75) is 24.9 Å². The predicted octanol–water partition coefficient (Wildman–Crippen LogP) is -0.293. The SMILES string of the molecule is CN(CC1(O)CCOCC1)C(=O)C1CC1C(=O)O. The van der Waals surface area contributed by atoms with Crippen molar-refractivity contribution in [3.63, 3.8) is 0 Å². The van der Waals surface area contributed by atoms with Crippen molar-refractivity contribution in [1.29, 1.82) is 0 Å². The maximum atomic E-state index is 12.0. The van der Waals surface area contributed by atoms with E-state index in [0.29, 0.717) is 32.5 Å². The summed E-state index contributed by atoms with van der Waals surface area (Å²) >= 11 is 0. The second-order valence-electron chi connectivity index (χ2n) is 5.32. The zero-order chi connectivity index (χ0) is 13.3. The molecule has 1 aliphatic carbocycles. The average Bonchev–Trinajstić information content (AvgIpc) is 3.08. The van der Waals surface area contributed by atoms with Crippen LogP contribution in [0.5, 0.6) is 0 Å². The minimum Gasteiger partial charge on any atom is -0.481 e. The van der Waals surface area contributed by atoms with Gasteiger partial charge in [-0.15, -0.1) is 0 Å². The number of likely N-dealkylation sites (N-methyl/N-ethyl adjacent to an activating group) is 1. The summed E-state index contributed by atoms with van der Waals surface area (Å²) in [5.41, 5.74) is -0.893. The second-order valence-corrected chi connectivity index (χ2v) is 5.32. The maximum absolute atomic E-state index is 12.0. The number of amides is 1. The highest BCUT2D eigenvalue weighted by atomic mass is 16.5. The molecule has 2 N–H and O–H groups in total. The van der Waals surface area contributed by atoms with Crippen LogP contribution in [0.25, 0.3) is 0 Å². The van der Waals surface area contributed by atoms with Crippen molar-refractivity contribution < 1.29 is 24.5 Å². The molecule has 2 atom stereocenters. The van der Waals surface area contributed by atoms with Crippen molar-refractivity contribution in [2.75, 3.05) is 26.8 Å². The third kappa shape index (κ3) is 2.81. The van der Waals surface area contributed by atoms with Gasteiger partial charge in [0.1, 0.15) is 0 Å². The van der Waals surface area contributed by atoms with Gasteiger partial charge in [0.05, 0.1) is 17.4 Å². The van der Waals surface area contributed by atoms with Crippen LogP contribution < -0.4 is 0 Å². The van der Waals surface area contributed by atoms with E-state index in [1.807, 2.05) is 0 Å². The van der Waals surface area contributed by atoms with E-state index in [9.17, 15) is 14.7 Å². The fraction of sp³-hybridized carbons (Fsp3) is 0.833. The average molecular weight is 257 g/mol. The highest BCUT2D eigenvalue weighted by Crippen LogP contribution is 2.40. The lowest BCUT2D eigenvalue weighted by Gasteiger charge is -2.35. The number of carbonyl (C=O) groups is 2. The second kappa shape index (κ2) is 4.85. The molecule has 0 aromatic rings. The molecule has 1 saturated heterocycles. The number of aliphatic hydroxyl groups is 1. The van der Waals surface area contributed by atoms with Crippen molar-refractivity contribution >= 4 is 11.9 Å². The Kier molecular flexibility index (Phi) is 3.59. The Balaban J connectivity index is 1.86. The van der Waals surface area contributed by atoms with E-state index in [1.165, 1.54) is 4.90 Å². The van der Waals surface area contributed by atoms with E-state index in [-0.39, 0.29) is 12.5 Å². The van der Waals surface area contributed by atoms with E-state index in [0.717, 1.165) is 0 Å². The summed E-state index contributed by atoms with van der Waals surface area (Å²) in [5.74, 6) is -2.03. The van der Waals surface area contributed by atoms with Crippen molar-refractivity contribution in [3.05, 3.63) is 0 Å². The molecule has 102 valence electrons. The van der Waals surface area contributed by atoms with Crippen LogP contribution in [0.2, 0.25) is 0 Å². The molecular formula is C12H19NO5. The standard InChI is InChI=1S/C12H19NO5/c1-13(7-12(17)2-4-18-5-3-12)10(14)8-6-9(8)11(15)16/h8-9,17H,2-7H2,1H3,(H,15,16). The Morgan fingerprint density at radius 2 is 1.94 bits per heavy atom. The predicted molar refractivity (Wildman–Crippen MR) is 61.9 cm³/mol. The summed E-state index contributed by atoms with van der Waals surface area (Å²) in [5, 5.41) is 19.1. The fourth-order valence-electron chi connectivity index (χ4n) is 2.45. The lowest BCUT2D eigenvalue weighted by molar-refractivity contribution is -0.143. The van der Waals surface area contributed by atoms with Crippen molar-refractivity contribution in [3.8, 4) is 0 Å². The molecule has 0 aromatic carbocycles. The summed E-state index contributed by atoms with van der Waals surface area (Å²) in [4.78, 5) is 24.1. The quantitative estimate of drug-likeness (QED) is 0.722. The third-order valence-corrected chi connectivity index (χ3v) is 3.76. The van der Waals surface area contributed by atoms with Gasteiger partial charge in [-0.05, 0) is 6.42 Å². The number of aliphatic carboxylic acids is 1. The molecule has 0 bridgehead atoms. The Morgan fingerprint density at radius 1 is 1.33 bits per heavy atom. The number of hydrogen-bond donors (Lipinski definition) is 2. The van der Waals surface area contributed by atoms with Crippen LogP contribution in [0.1, 0.15) is 19.3 Å². The molecule has 0 spiro atoms.